The number of pyridine rings is 1. The average Bonchev–Trinajstić information content (AvgIpc) is 3.26. The SMILES string of the molecule is CCCCN(C)C(=O)c1nc(C(=O)NC2CCCC2)n2ccccc12. The summed E-state index contributed by atoms with van der Waals surface area (Å²) in [6.07, 6.45) is 8.09. The van der Waals surface area contributed by atoms with E-state index in [1.165, 1.54) is 0 Å². The van der Waals surface area contributed by atoms with Crippen LogP contribution >= 0.6 is 0 Å². The van der Waals surface area contributed by atoms with Crippen LogP contribution in [0.25, 0.3) is 5.52 Å². The maximum atomic E-state index is 12.8. The maximum Gasteiger partial charge on any atom is 0.287 e. The Bertz CT molecular complexity index is 762. The van der Waals surface area contributed by atoms with Gasteiger partial charge in [-0.25, -0.2) is 4.98 Å². The lowest BCUT2D eigenvalue weighted by Gasteiger charge is -2.15. The van der Waals surface area contributed by atoms with Crippen molar-refractivity contribution >= 4 is 17.3 Å². The Morgan fingerprint density at radius 3 is 2.80 bits per heavy atom. The molecule has 0 saturated heterocycles. The van der Waals surface area contributed by atoms with E-state index in [1.807, 2.05) is 18.2 Å². The summed E-state index contributed by atoms with van der Waals surface area (Å²) in [4.78, 5) is 31.5. The zero-order chi connectivity index (χ0) is 17.8. The van der Waals surface area contributed by atoms with Gasteiger partial charge in [0.15, 0.2) is 5.69 Å². The second-order valence-corrected chi connectivity index (χ2v) is 6.78. The number of nitrogens with one attached hydrogen (secondary N) is 1. The third kappa shape index (κ3) is 3.67. The molecule has 1 saturated carbocycles. The maximum absolute atomic E-state index is 12.8. The van der Waals surface area contributed by atoms with Gasteiger partial charge in [-0.3, -0.25) is 14.0 Å². The molecule has 3 rings (SSSR count). The fourth-order valence-electron chi connectivity index (χ4n) is 3.35. The van der Waals surface area contributed by atoms with E-state index in [0.29, 0.717) is 17.8 Å². The largest absolute Gasteiger partial charge is 0.347 e. The number of carbonyl (C=O) groups is 2. The number of unbranched alkanes of at least 4 members (excludes halogenated alkanes) is 1. The number of aromatic nitrogens is 2. The third-order valence-electron chi connectivity index (χ3n) is 4.84. The predicted molar refractivity (Wildman–Crippen MR) is 96.8 cm³/mol. The number of nitrogens with zero attached hydrogens (tertiary/aromatic N) is 3. The van der Waals surface area contributed by atoms with Crippen molar-refractivity contribution < 1.29 is 9.59 Å². The van der Waals surface area contributed by atoms with Crippen LogP contribution in [0.4, 0.5) is 0 Å². The molecule has 0 atom stereocenters. The number of amides is 2. The van der Waals surface area contributed by atoms with Crippen LogP contribution in [0.1, 0.15) is 66.6 Å². The number of imidazole rings is 1. The van der Waals surface area contributed by atoms with E-state index in [4.69, 9.17) is 0 Å². The van der Waals surface area contributed by atoms with Crippen LogP contribution in [0.15, 0.2) is 24.4 Å². The Kier molecular flexibility index (Phi) is 5.36. The molecule has 134 valence electrons. The minimum Gasteiger partial charge on any atom is -0.347 e. The van der Waals surface area contributed by atoms with Crippen molar-refractivity contribution in [3.63, 3.8) is 0 Å². The van der Waals surface area contributed by atoms with Crippen molar-refractivity contribution in [3.05, 3.63) is 35.9 Å². The van der Waals surface area contributed by atoms with Crippen LogP contribution in [-0.4, -0.2) is 45.7 Å². The van der Waals surface area contributed by atoms with Crippen LogP contribution in [0.3, 0.4) is 0 Å². The second kappa shape index (κ2) is 7.68. The van der Waals surface area contributed by atoms with Crippen molar-refractivity contribution in [2.45, 2.75) is 51.5 Å². The highest BCUT2D eigenvalue weighted by molar-refractivity contribution is 6.02. The van der Waals surface area contributed by atoms with Crippen LogP contribution in [0.5, 0.6) is 0 Å². The quantitative estimate of drug-likeness (QED) is 0.878. The predicted octanol–water partition coefficient (Wildman–Crippen LogP) is 2.88. The summed E-state index contributed by atoms with van der Waals surface area (Å²) < 4.78 is 1.71. The molecular formula is C19H26N4O2. The van der Waals surface area contributed by atoms with E-state index in [2.05, 4.69) is 17.2 Å². The van der Waals surface area contributed by atoms with Gasteiger partial charge < -0.3 is 10.2 Å². The molecule has 2 amide bonds. The standard InChI is InChI=1S/C19H26N4O2/c1-3-4-12-22(2)19(25)16-15-11-7-8-13-23(15)17(21-16)18(24)20-14-9-5-6-10-14/h7-8,11,13-14H,3-6,9-10,12H2,1-2H3,(H,20,24). The highest BCUT2D eigenvalue weighted by atomic mass is 16.2. The van der Waals surface area contributed by atoms with Crippen LogP contribution < -0.4 is 5.32 Å². The van der Waals surface area contributed by atoms with E-state index < -0.39 is 0 Å². The van der Waals surface area contributed by atoms with Crippen molar-refractivity contribution in [1.29, 1.82) is 0 Å². The van der Waals surface area contributed by atoms with Gasteiger partial charge in [0.25, 0.3) is 11.8 Å². The van der Waals surface area contributed by atoms with Gasteiger partial charge in [0, 0.05) is 25.8 Å². The summed E-state index contributed by atoms with van der Waals surface area (Å²) in [5, 5.41) is 3.06. The minimum absolute atomic E-state index is 0.142. The second-order valence-electron chi connectivity index (χ2n) is 6.78. The van der Waals surface area contributed by atoms with E-state index >= 15 is 0 Å². The van der Waals surface area contributed by atoms with Crippen LogP contribution in [-0.2, 0) is 0 Å². The summed E-state index contributed by atoms with van der Waals surface area (Å²) in [5.41, 5.74) is 1.02. The summed E-state index contributed by atoms with van der Waals surface area (Å²) in [5.74, 6) is -0.0600. The molecule has 0 aromatic carbocycles. The van der Waals surface area contributed by atoms with Crippen LogP contribution in [0.2, 0.25) is 0 Å². The lowest BCUT2D eigenvalue weighted by Crippen LogP contribution is -2.34. The van der Waals surface area contributed by atoms with Crippen molar-refractivity contribution in [1.82, 2.24) is 19.6 Å². The molecular weight excluding hydrogens is 316 g/mol. The Morgan fingerprint density at radius 1 is 1.32 bits per heavy atom. The molecule has 0 radical (unpaired) electrons. The van der Waals surface area contributed by atoms with Crippen molar-refractivity contribution in [2.24, 2.45) is 0 Å². The number of fused-ring (bicyclic) bond motifs is 1. The van der Waals surface area contributed by atoms with Gasteiger partial charge >= 0.3 is 0 Å². The number of rotatable bonds is 6. The molecule has 6 nitrogen and oxygen atoms in total. The molecule has 0 bridgehead atoms. The summed E-state index contributed by atoms with van der Waals surface area (Å²) >= 11 is 0. The minimum atomic E-state index is -0.205. The first-order valence-corrected chi connectivity index (χ1v) is 9.15. The Hall–Kier alpha value is -2.37. The van der Waals surface area contributed by atoms with Gasteiger partial charge in [-0.05, 0) is 31.4 Å². The van der Waals surface area contributed by atoms with Gasteiger partial charge in [0.2, 0.25) is 5.82 Å². The first-order chi connectivity index (χ1) is 12.1. The lowest BCUT2D eigenvalue weighted by molar-refractivity contribution is 0.0790. The Balaban J connectivity index is 1.89. The van der Waals surface area contributed by atoms with E-state index in [1.54, 1.807) is 22.5 Å². The van der Waals surface area contributed by atoms with Crippen molar-refractivity contribution in [3.8, 4) is 0 Å². The number of hydrogen-bond donors (Lipinski definition) is 1. The fraction of sp³-hybridized carbons (Fsp3) is 0.526. The highest BCUT2D eigenvalue weighted by Crippen LogP contribution is 2.19. The molecule has 25 heavy (non-hydrogen) atoms. The summed E-state index contributed by atoms with van der Waals surface area (Å²) in [6, 6.07) is 5.75. The summed E-state index contributed by atoms with van der Waals surface area (Å²) in [7, 11) is 1.78. The van der Waals surface area contributed by atoms with Crippen LogP contribution in [0, 0.1) is 0 Å². The lowest BCUT2D eigenvalue weighted by atomic mass is 10.2. The van der Waals surface area contributed by atoms with E-state index in [-0.39, 0.29) is 23.7 Å². The molecule has 0 spiro atoms. The van der Waals surface area contributed by atoms with Crippen molar-refractivity contribution in [2.75, 3.05) is 13.6 Å². The highest BCUT2D eigenvalue weighted by Gasteiger charge is 2.25. The Morgan fingerprint density at radius 2 is 2.08 bits per heavy atom. The molecule has 1 N–H and O–H groups in total. The monoisotopic (exact) mass is 342 g/mol. The van der Waals surface area contributed by atoms with E-state index in [9.17, 15) is 9.59 Å². The zero-order valence-electron chi connectivity index (χ0n) is 15.0. The first-order valence-electron chi connectivity index (χ1n) is 9.15. The average molecular weight is 342 g/mol. The third-order valence-corrected chi connectivity index (χ3v) is 4.84. The van der Waals surface area contributed by atoms with Gasteiger partial charge in [0.1, 0.15) is 0 Å². The Labute approximate surface area is 148 Å². The molecule has 2 aromatic rings. The molecule has 0 aliphatic heterocycles. The molecule has 1 aliphatic rings. The van der Waals surface area contributed by atoms with Gasteiger partial charge in [0.05, 0.1) is 5.52 Å². The summed E-state index contributed by atoms with van der Waals surface area (Å²) in [6.45, 7) is 2.78. The van der Waals surface area contributed by atoms with E-state index in [0.717, 1.165) is 38.5 Å². The molecule has 1 fully saturated rings. The number of carbonyl (C=O) groups excluding carboxylic acids is 2. The molecule has 2 heterocycles. The zero-order valence-corrected chi connectivity index (χ0v) is 15.0. The molecule has 0 unspecified atom stereocenters. The van der Waals surface area contributed by atoms with Gasteiger partial charge in [-0.2, -0.15) is 0 Å². The molecule has 2 aromatic heterocycles. The molecule has 6 heteroatoms. The first kappa shape index (κ1) is 17.5. The molecule has 1 aliphatic carbocycles. The fourth-order valence-corrected chi connectivity index (χ4v) is 3.35. The van der Waals surface area contributed by atoms with Gasteiger partial charge in [-0.1, -0.05) is 32.3 Å². The smallest absolute Gasteiger partial charge is 0.287 e. The number of hydrogen-bond acceptors (Lipinski definition) is 3. The normalized spacial score (nSPS) is 14.8. The topological polar surface area (TPSA) is 66.7 Å². The van der Waals surface area contributed by atoms with Gasteiger partial charge in [-0.15, -0.1) is 0 Å².